The molecular formula is C14H13NO3S. The maximum atomic E-state index is 10.4. The Morgan fingerprint density at radius 1 is 1.53 bits per heavy atom. The Bertz CT molecular complexity index is 604. The average molecular weight is 275 g/mol. The summed E-state index contributed by atoms with van der Waals surface area (Å²) in [6.45, 7) is 2.36. The number of nitrogens with zero attached hydrogens (tertiary/aromatic N) is 1. The molecule has 4 nitrogen and oxygen atoms in total. The van der Waals surface area contributed by atoms with Crippen LogP contribution in [0.5, 0.6) is 5.75 Å². The number of aromatic nitrogens is 1. The quantitative estimate of drug-likeness (QED) is 0.852. The van der Waals surface area contributed by atoms with Crippen LogP contribution in [0.1, 0.15) is 16.3 Å². The number of aliphatic carboxylic acids is 1. The maximum absolute atomic E-state index is 10.4. The molecule has 0 aliphatic rings. The minimum atomic E-state index is -0.968. The summed E-state index contributed by atoms with van der Waals surface area (Å²) in [6, 6.07) is 7.27. The number of rotatable bonds is 5. The number of thiazole rings is 1. The van der Waals surface area contributed by atoms with E-state index in [1.807, 2.05) is 30.5 Å². The van der Waals surface area contributed by atoms with Crippen molar-refractivity contribution < 1.29 is 14.6 Å². The molecule has 0 atom stereocenters. The smallest absolute Gasteiger partial charge is 0.328 e. The van der Waals surface area contributed by atoms with E-state index in [0.717, 1.165) is 22.3 Å². The van der Waals surface area contributed by atoms with Gasteiger partial charge >= 0.3 is 5.97 Å². The number of carboxylic acid groups (broad SMARTS) is 1. The van der Waals surface area contributed by atoms with Gasteiger partial charge in [-0.2, -0.15) is 0 Å². The summed E-state index contributed by atoms with van der Waals surface area (Å²) in [5.74, 6) is -0.273. The van der Waals surface area contributed by atoms with Gasteiger partial charge in [0.15, 0.2) is 0 Å². The standard InChI is InChI=1S/C14H13NO3S/c1-10-9-19-13(15-10)8-18-12-4-2-3-11(7-12)5-6-14(16)17/h2-7,9H,8H2,1H3,(H,16,17). The zero-order valence-corrected chi connectivity index (χ0v) is 11.2. The van der Waals surface area contributed by atoms with Crippen LogP contribution < -0.4 is 4.74 Å². The van der Waals surface area contributed by atoms with Crippen molar-refractivity contribution in [2.24, 2.45) is 0 Å². The van der Waals surface area contributed by atoms with Gasteiger partial charge in [-0.05, 0) is 30.7 Å². The second-order valence-corrected chi connectivity index (χ2v) is 4.86. The van der Waals surface area contributed by atoms with Crippen molar-refractivity contribution in [1.29, 1.82) is 0 Å². The number of aryl methyl sites for hydroxylation is 1. The lowest BCUT2D eigenvalue weighted by molar-refractivity contribution is -0.131. The lowest BCUT2D eigenvalue weighted by atomic mass is 10.2. The van der Waals surface area contributed by atoms with Gasteiger partial charge in [0.1, 0.15) is 17.4 Å². The Labute approximate surface area is 115 Å². The second kappa shape index (κ2) is 6.15. The summed E-state index contributed by atoms with van der Waals surface area (Å²) in [4.78, 5) is 14.8. The molecule has 0 fully saturated rings. The van der Waals surface area contributed by atoms with Crippen molar-refractivity contribution in [2.45, 2.75) is 13.5 Å². The number of hydrogen-bond acceptors (Lipinski definition) is 4. The van der Waals surface area contributed by atoms with E-state index in [1.54, 1.807) is 17.4 Å². The molecule has 0 radical (unpaired) electrons. The molecular weight excluding hydrogens is 262 g/mol. The van der Waals surface area contributed by atoms with Crippen molar-refractivity contribution in [1.82, 2.24) is 4.98 Å². The molecule has 5 heteroatoms. The van der Waals surface area contributed by atoms with E-state index < -0.39 is 5.97 Å². The monoisotopic (exact) mass is 275 g/mol. The molecule has 0 saturated carbocycles. The first-order valence-electron chi connectivity index (χ1n) is 5.68. The molecule has 0 amide bonds. The van der Waals surface area contributed by atoms with Crippen molar-refractivity contribution >= 4 is 23.4 Å². The third-order valence-electron chi connectivity index (χ3n) is 2.31. The van der Waals surface area contributed by atoms with Gasteiger partial charge in [0.05, 0.1) is 0 Å². The second-order valence-electron chi connectivity index (χ2n) is 3.92. The van der Waals surface area contributed by atoms with Crippen molar-refractivity contribution in [2.75, 3.05) is 0 Å². The highest BCUT2D eigenvalue weighted by Crippen LogP contribution is 2.17. The molecule has 0 unspecified atom stereocenters. The molecule has 2 aromatic rings. The summed E-state index contributed by atoms with van der Waals surface area (Å²) < 4.78 is 5.62. The van der Waals surface area contributed by atoms with Gasteiger partial charge in [-0.3, -0.25) is 0 Å². The lowest BCUT2D eigenvalue weighted by Crippen LogP contribution is -1.95. The maximum Gasteiger partial charge on any atom is 0.328 e. The van der Waals surface area contributed by atoms with Crippen LogP contribution in [-0.4, -0.2) is 16.1 Å². The van der Waals surface area contributed by atoms with Crippen LogP contribution in [0.15, 0.2) is 35.7 Å². The number of ether oxygens (including phenoxy) is 1. The van der Waals surface area contributed by atoms with E-state index in [0.29, 0.717) is 12.4 Å². The zero-order chi connectivity index (χ0) is 13.7. The van der Waals surface area contributed by atoms with E-state index in [1.165, 1.54) is 6.08 Å². The van der Waals surface area contributed by atoms with Crippen molar-refractivity contribution in [3.8, 4) is 5.75 Å². The third-order valence-corrected chi connectivity index (χ3v) is 3.25. The summed E-state index contributed by atoms with van der Waals surface area (Å²) in [5.41, 5.74) is 1.77. The first-order chi connectivity index (χ1) is 9.13. The summed E-state index contributed by atoms with van der Waals surface area (Å²) in [6.07, 6.45) is 2.63. The SMILES string of the molecule is Cc1csc(COc2cccc(C=CC(=O)O)c2)n1. The Morgan fingerprint density at radius 2 is 2.37 bits per heavy atom. The number of benzene rings is 1. The highest BCUT2D eigenvalue weighted by Gasteiger charge is 2.00. The number of carbonyl (C=O) groups is 1. The largest absolute Gasteiger partial charge is 0.486 e. The first kappa shape index (κ1) is 13.3. The molecule has 0 aliphatic heterocycles. The van der Waals surface area contributed by atoms with Crippen LogP contribution in [0, 0.1) is 6.92 Å². The van der Waals surface area contributed by atoms with Crippen LogP contribution in [-0.2, 0) is 11.4 Å². The highest BCUT2D eigenvalue weighted by atomic mass is 32.1. The predicted molar refractivity (Wildman–Crippen MR) is 74.3 cm³/mol. The fourth-order valence-corrected chi connectivity index (χ4v) is 2.17. The van der Waals surface area contributed by atoms with Gasteiger partial charge in [-0.25, -0.2) is 9.78 Å². The van der Waals surface area contributed by atoms with Crippen LogP contribution in [0.3, 0.4) is 0 Å². The summed E-state index contributed by atoms with van der Waals surface area (Å²) in [5, 5.41) is 11.5. The number of carboxylic acids is 1. The van der Waals surface area contributed by atoms with Crippen LogP contribution in [0.4, 0.5) is 0 Å². The summed E-state index contributed by atoms with van der Waals surface area (Å²) >= 11 is 1.56. The van der Waals surface area contributed by atoms with Crippen molar-refractivity contribution in [3.05, 3.63) is 52.0 Å². The average Bonchev–Trinajstić information content (AvgIpc) is 2.80. The van der Waals surface area contributed by atoms with Gasteiger partial charge in [-0.15, -0.1) is 11.3 Å². The Kier molecular flexibility index (Phi) is 4.30. The first-order valence-corrected chi connectivity index (χ1v) is 6.56. The molecule has 1 aromatic heterocycles. The van der Waals surface area contributed by atoms with Gasteiger partial charge < -0.3 is 9.84 Å². The molecule has 98 valence electrons. The number of hydrogen-bond donors (Lipinski definition) is 1. The topological polar surface area (TPSA) is 59.4 Å². The molecule has 1 N–H and O–H groups in total. The lowest BCUT2D eigenvalue weighted by Gasteiger charge is -2.04. The fraction of sp³-hybridized carbons (Fsp3) is 0.143. The Balaban J connectivity index is 2.00. The van der Waals surface area contributed by atoms with E-state index >= 15 is 0 Å². The minimum Gasteiger partial charge on any atom is -0.486 e. The molecule has 0 spiro atoms. The molecule has 0 bridgehead atoms. The molecule has 1 heterocycles. The molecule has 2 rings (SSSR count). The van der Waals surface area contributed by atoms with E-state index in [4.69, 9.17) is 9.84 Å². The van der Waals surface area contributed by atoms with Gasteiger partial charge in [0.2, 0.25) is 0 Å². The molecule has 0 aliphatic carbocycles. The summed E-state index contributed by atoms with van der Waals surface area (Å²) in [7, 11) is 0. The van der Waals surface area contributed by atoms with Crippen LogP contribution in [0.2, 0.25) is 0 Å². The fourth-order valence-electron chi connectivity index (χ4n) is 1.49. The molecule has 0 saturated heterocycles. The molecule has 1 aromatic carbocycles. The van der Waals surface area contributed by atoms with Gasteiger partial charge in [0.25, 0.3) is 0 Å². The van der Waals surface area contributed by atoms with Crippen molar-refractivity contribution in [3.63, 3.8) is 0 Å². The van der Waals surface area contributed by atoms with Gasteiger partial charge in [-0.1, -0.05) is 12.1 Å². The predicted octanol–water partition coefficient (Wildman–Crippen LogP) is 3.13. The molecule has 19 heavy (non-hydrogen) atoms. The Hall–Kier alpha value is -2.14. The van der Waals surface area contributed by atoms with Gasteiger partial charge in [0, 0.05) is 17.2 Å². The third kappa shape index (κ3) is 4.22. The Morgan fingerprint density at radius 3 is 3.05 bits per heavy atom. The van der Waals surface area contributed by atoms with Crippen LogP contribution >= 0.6 is 11.3 Å². The van der Waals surface area contributed by atoms with E-state index in [-0.39, 0.29) is 0 Å². The zero-order valence-electron chi connectivity index (χ0n) is 10.4. The normalized spacial score (nSPS) is 10.8. The van der Waals surface area contributed by atoms with E-state index in [2.05, 4.69) is 4.98 Å². The highest BCUT2D eigenvalue weighted by molar-refractivity contribution is 7.09. The van der Waals surface area contributed by atoms with Crippen LogP contribution in [0.25, 0.3) is 6.08 Å². The van der Waals surface area contributed by atoms with E-state index in [9.17, 15) is 4.79 Å². The minimum absolute atomic E-state index is 0.421.